The van der Waals surface area contributed by atoms with Crippen LogP contribution in [0.25, 0.3) is 11.3 Å². The summed E-state index contributed by atoms with van der Waals surface area (Å²) in [7, 11) is 0. The van der Waals surface area contributed by atoms with Crippen LogP contribution in [0.15, 0.2) is 36.5 Å². The molecule has 4 rings (SSSR count). The number of rotatable bonds is 6. The van der Waals surface area contributed by atoms with Gasteiger partial charge in [-0.15, -0.1) is 0 Å². The molecule has 1 aromatic carbocycles. The van der Waals surface area contributed by atoms with Crippen molar-refractivity contribution in [2.75, 3.05) is 37.7 Å². The Balaban J connectivity index is 1.61. The largest absolute Gasteiger partial charge is 0.464 e. The van der Waals surface area contributed by atoms with E-state index in [4.69, 9.17) is 9.72 Å². The standard InChI is InChI=1S/C24H29N5O2/c25-15-20(24(30)31-17-18-7-3-1-4-8-18)22-23(29-13-11-26-12-14-29)27-16-21(28-22)19-9-5-2-6-10-19/h2,5-6,9-10,16,18,20,26H,1,3-4,7-8,11-14,17H2. The lowest BCUT2D eigenvalue weighted by atomic mass is 9.90. The monoisotopic (exact) mass is 419 g/mol. The van der Waals surface area contributed by atoms with Gasteiger partial charge in [0.1, 0.15) is 5.69 Å². The number of ether oxygens (including phenoxy) is 1. The molecule has 1 aliphatic carbocycles. The predicted molar refractivity (Wildman–Crippen MR) is 118 cm³/mol. The molecule has 0 bridgehead atoms. The van der Waals surface area contributed by atoms with Crippen LogP contribution in [0.4, 0.5) is 5.82 Å². The van der Waals surface area contributed by atoms with E-state index in [9.17, 15) is 10.1 Å². The molecule has 1 unspecified atom stereocenters. The fraction of sp³-hybridized carbons (Fsp3) is 0.500. The number of nitriles is 1. The average molecular weight is 420 g/mol. The van der Waals surface area contributed by atoms with Gasteiger partial charge in [0.05, 0.1) is 24.6 Å². The molecule has 2 aromatic rings. The van der Waals surface area contributed by atoms with E-state index in [1.165, 1.54) is 19.3 Å². The summed E-state index contributed by atoms with van der Waals surface area (Å²) in [6, 6.07) is 11.8. The molecule has 0 spiro atoms. The van der Waals surface area contributed by atoms with Gasteiger partial charge in [-0.3, -0.25) is 4.79 Å². The molecule has 1 saturated heterocycles. The van der Waals surface area contributed by atoms with Crippen molar-refractivity contribution < 1.29 is 9.53 Å². The lowest BCUT2D eigenvalue weighted by molar-refractivity contribution is -0.145. The van der Waals surface area contributed by atoms with E-state index >= 15 is 0 Å². The molecule has 1 saturated carbocycles. The van der Waals surface area contributed by atoms with Gasteiger partial charge in [-0.05, 0) is 18.8 Å². The van der Waals surface area contributed by atoms with Crippen molar-refractivity contribution in [3.63, 3.8) is 0 Å². The van der Waals surface area contributed by atoms with Gasteiger partial charge in [0, 0.05) is 31.7 Å². The maximum Gasteiger partial charge on any atom is 0.329 e. The molecule has 0 radical (unpaired) electrons. The number of hydrogen-bond donors (Lipinski definition) is 1. The summed E-state index contributed by atoms with van der Waals surface area (Å²) in [5.74, 6) is -0.623. The Labute approximate surface area is 183 Å². The van der Waals surface area contributed by atoms with Crippen LogP contribution in [0.1, 0.15) is 43.7 Å². The second kappa shape index (κ2) is 10.4. The highest BCUT2D eigenvalue weighted by molar-refractivity contribution is 5.83. The van der Waals surface area contributed by atoms with Crippen molar-refractivity contribution in [2.24, 2.45) is 5.92 Å². The van der Waals surface area contributed by atoms with Gasteiger partial charge in [0.15, 0.2) is 11.7 Å². The van der Waals surface area contributed by atoms with Gasteiger partial charge in [0.2, 0.25) is 0 Å². The van der Waals surface area contributed by atoms with Crippen molar-refractivity contribution >= 4 is 11.8 Å². The molecule has 7 nitrogen and oxygen atoms in total. The van der Waals surface area contributed by atoms with Crippen molar-refractivity contribution in [3.8, 4) is 17.3 Å². The van der Waals surface area contributed by atoms with E-state index in [2.05, 4.69) is 21.3 Å². The van der Waals surface area contributed by atoms with Crippen LogP contribution >= 0.6 is 0 Å². The van der Waals surface area contributed by atoms with Crippen molar-refractivity contribution in [1.82, 2.24) is 15.3 Å². The summed E-state index contributed by atoms with van der Waals surface area (Å²) in [5.41, 5.74) is 1.93. The van der Waals surface area contributed by atoms with Crippen molar-refractivity contribution in [3.05, 3.63) is 42.2 Å². The third-order valence-electron chi connectivity index (χ3n) is 6.09. The first-order valence-corrected chi connectivity index (χ1v) is 11.2. The fourth-order valence-corrected chi connectivity index (χ4v) is 4.32. The predicted octanol–water partition coefficient (Wildman–Crippen LogP) is 3.28. The first-order valence-electron chi connectivity index (χ1n) is 11.2. The Morgan fingerprint density at radius 1 is 1.19 bits per heavy atom. The van der Waals surface area contributed by atoms with Crippen LogP contribution in [-0.2, 0) is 9.53 Å². The Morgan fingerprint density at radius 3 is 2.65 bits per heavy atom. The summed E-state index contributed by atoms with van der Waals surface area (Å²) in [6.45, 7) is 3.53. The van der Waals surface area contributed by atoms with Gasteiger partial charge in [0.25, 0.3) is 0 Å². The lowest BCUT2D eigenvalue weighted by Gasteiger charge is -2.30. The van der Waals surface area contributed by atoms with E-state index in [-0.39, 0.29) is 0 Å². The molecule has 0 amide bonds. The van der Waals surface area contributed by atoms with Crippen LogP contribution < -0.4 is 10.2 Å². The number of aromatic nitrogens is 2. The van der Waals surface area contributed by atoms with Gasteiger partial charge in [-0.25, -0.2) is 9.97 Å². The fourth-order valence-electron chi connectivity index (χ4n) is 4.32. The Morgan fingerprint density at radius 2 is 1.94 bits per heavy atom. The minimum atomic E-state index is -1.09. The van der Waals surface area contributed by atoms with Crippen molar-refractivity contribution in [2.45, 2.75) is 38.0 Å². The Kier molecular flexibility index (Phi) is 7.11. The maximum atomic E-state index is 13.0. The number of piperazine rings is 1. The van der Waals surface area contributed by atoms with E-state index in [1.54, 1.807) is 6.20 Å². The number of esters is 1. The molecule has 31 heavy (non-hydrogen) atoms. The minimum Gasteiger partial charge on any atom is -0.464 e. The van der Waals surface area contributed by atoms with Crippen LogP contribution in [0.3, 0.4) is 0 Å². The highest BCUT2D eigenvalue weighted by Crippen LogP contribution is 2.29. The zero-order chi connectivity index (χ0) is 21.5. The molecule has 7 heteroatoms. The lowest BCUT2D eigenvalue weighted by Crippen LogP contribution is -2.44. The summed E-state index contributed by atoms with van der Waals surface area (Å²) in [6.07, 6.45) is 7.50. The second-order valence-corrected chi connectivity index (χ2v) is 8.26. The molecule has 2 heterocycles. The number of carbonyl (C=O) groups is 1. The Hall–Kier alpha value is -2.98. The molecule has 1 N–H and O–H groups in total. The van der Waals surface area contributed by atoms with Gasteiger partial charge < -0.3 is 15.0 Å². The van der Waals surface area contributed by atoms with E-state index in [0.29, 0.717) is 29.7 Å². The summed E-state index contributed by atoms with van der Waals surface area (Å²) < 4.78 is 5.62. The highest BCUT2D eigenvalue weighted by atomic mass is 16.5. The molecule has 2 aliphatic rings. The average Bonchev–Trinajstić information content (AvgIpc) is 2.85. The smallest absolute Gasteiger partial charge is 0.329 e. The molecule has 1 atom stereocenters. The number of nitrogens with one attached hydrogen (secondary N) is 1. The molecule has 1 aromatic heterocycles. The topological polar surface area (TPSA) is 91.1 Å². The molecule has 2 fully saturated rings. The van der Waals surface area contributed by atoms with Gasteiger partial charge in [-0.1, -0.05) is 49.6 Å². The number of hydrogen-bond acceptors (Lipinski definition) is 7. The zero-order valence-corrected chi connectivity index (χ0v) is 17.8. The van der Waals surface area contributed by atoms with Gasteiger partial charge in [-0.2, -0.15) is 5.26 Å². The van der Waals surface area contributed by atoms with Crippen LogP contribution in [-0.4, -0.2) is 48.7 Å². The molecule has 162 valence electrons. The zero-order valence-electron chi connectivity index (χ0n) is 17.8. The molecular weight excluding hydrogens is 390 g/mol. The van der Waals surface area contributed by atoms with E-state index < -0.39 is 11.9 Å². The highest BCUT2D eigenvalue weighted by Gasteiger charge is 2.31. The summed E-state index contributed by atoms with van der Waals surface area (Å²) in [5, 5.41) is 13.2. The number of nitrogens with zero attached hydrogens (tertiary/aromatic N) is 4. The molecular formula is C24H29N5O2. The maximum absolute atomic E-state index is 13.0. The second-order valence-electron chi connectivity index (χ2n) is 8.26. The Bertz CT molecular complexity index is 915. The van der Waals surface area contributed by atoms with Gasteiger partial charge >= 0.3 is 5.97 Å². The summed E-state index contributed by atoms with van der Waals surface area (Å²) in [4.78, 5) is 24.5. The molecule has 1 aliphatic heterocycles. The first kappa shape index (κ1) is 21.3. The number of carbonyl (C=O) groups excluding carboxylic acids is 1. The summed E-state index contributed by atoms with van der Waals surface area (Å²) >= 11 is 0. The van der Waals surface area contributed by atoms with Crippen LogP contribution in [0.2, 0.25) is 0 Å². The normalized spacial score (nSPS) is 18.2. The van der Waals surface area contributed by atoms with Crippen molar-refractivity contribution in [1.29, 1.82) is 5.26 Å². The SMILES string of the molecule is N#CC(C(=O)OCC1CCCCC1)c1nc(-c2ccccc2)cnc1N1CCNCC1. The minimum absolute atomic E-state index is 0.381. The third kappa shape index (κ3) is 5.20. The number of benzene rings is 1. The third-order valence-corrected chi connectivity index (χ3v) is 6.09. The number of anilines is 1. The quantitative estimate of drug-likeness (QED) is 0.719. The van der Waals surface area contributed by atoms with Crippen LogP contribution in [0, 0.1) is 17.2 Å². The first-order chi connectivity index (χ1) is 15.3. The van der Waals surface area contributed by atoms with E-state index in [1.807, 2.05) is 30.3 Å². The van der Waals surface area contributed by atoms with Crippen LogP contribution in [0.5, 0.6) is 0 Å². The van der Waals surface area contributed by atoms with E-state index in [0.717, 1.165) is 44.6 Å².